The molecule has 1 heterocycles. The van der Waals surface area contributed by atoms with Gasteiger partial charge in [-0.15, -0.1) is 0 Å². The third-order valence-corrected chi connectivity index (χ3v) is 7.49. The average Bonchev–Trinajstić information content (AvgIpc) is 2.75. The first-order chi connectivity index (χ1) is 13.7. The molecule has 0 aromatic heterocycles. The Morgan fingerprint density at radius 3 is 1.96 bits per heavy atom. The quantitative estimate of drug-likeness (QED) is 0.580. The molecular weight excluding hydrogens is 364 g/mol. The van der Waals surface area contributed by atoms with E-state index in [1.165, 1.54) is 0 Å². The van der Waals surface area contributed by atoms with Gasteiger partial charge in [-0.2, -0.15) is 5.10 Å². The van der Waals surface area contributed by atoms with Crippen LogP contribution >= 0.6 is 0 Å². The van der Waals surface area contributed by atoms with Crippen LogP contribution in [-0.2, 0) is 10.8 Å². The number of hydrazone groups is 1. The Kier molecular flexibility index (Phi) is 5.68. The van der Waals surface area contributed by atoms with Crippen LogP contribution in [0.2, 0.25) is 0 Å². The zero-order valence-electron chi connectivity index (χ0n) is 15.9. The summed E-state index contributed by atoms with van der Waals surface area (Å²) >= 11 is 0. The van der Waals surface area contributed by atoms with Gasteiger partial charge in [0.1, 0.15) is 0 Å². The molecule has 1 N–H and O–H groups in total. The number of rotatable bonds is 4. The van der Waals surface area contributed by atoms with Crippen LogP contribution in [0, 0.1) is 5.92 Å². The zero-order chi connectivity index (χ0) is 19.3. The molecule has 3 aromatic rings. The highest BCUT2D eigenvalue weighted by Crippen LogP contribution is 2.43. The number of nitrogens with one attached hydrogen (secondary N) is 1. The van der Waals surface area contributed by atoms with Gasteiger partial charge < -0.3 is 0 Å². The van der Waals surface area contributed by atoms with Crippen LogP contribution in [0.5, 0.6) is 0 Å². The normalized spacial score (nSPS) is 26.1. The van der Waals surface area contributed by atoms with Gasteiger partial charge in [0, 0.05) is 28.8 Å². The maximum absolute atomic E-state index is 13.6. The Balaban J connectivity index is 1.70. The van der Waals surface area contributed by atoms with E-state index in [-0.39, 0.29) is 16.4 Å². The summed E-state index contributed by atoms with van der Waals surface area (Å²) in [5, 5.41) is 4.62. The predicted octanol–water partition coefficient (Wildman–Crippen LogP) is 5.73. The van der Waals surface area contributed by atoms with Crippen molar-refractivity contribution in [2.45, 2.75) is 23.8 Å². The van der Waals surface area contributed by atoms with Gasteiger partial charge in [0.05, 0.1) is 16.2 Å². The highest BCUT2D eigenvalue weighted by molar-refractivity contribution is 7.85. The lowest BCUT2D eigenvalue weighted by molar-refractivity contribution is 0.614. The fourth-order valence-corrected chi connectivity index (χ4v) is 5.89. The lowest BCUT2D eigenvalue weighted by atomic mass is 9.91. The first-order valence-corrected chi connectivity index (χ1v) is 10.9. The summed E-state index contributed by atoms with van der Waals surface area (Å²) in [4.78, 5) is 0. The predicted molar refractivity (Wildman–Crippen MR) is 118 cm³/mol. The standard InChI is InChI=1S/C24H24N2OS/c1-18-22(26-25-21-15-9-4-10-16-21)17-23(19-11-5-2-6-12-19)28(27)24(18)20-13-7-3-8-14-20/h2-16,18,23-25H,17H2,1H3/b26-22+. The topological polar surface area (TPSA) is 41.5 Å². The molecule has 4 atom stereocenters. The molecular formula is C24H24N2OS. The van der Waals surface area contributed by atoms with Crippen molar-refractivity contribution in [1.29, 1.82) is 0 Å². The molecule has 4 rings (SSSR count). The van der Waals surface area contributed by atoms with E-state index in [0.717, 1.165) is 22.5 Å². The molecule has 0 saturated carbocycles. The van der Waals surface area contributed by atoms with Gasteiger partial charge in [-0.3, -0.25) is 9.63 Å². The van der Waals surface area contributed by atoms with Crippen molar-refractivity contribution in [3.63, 3.8) is 0 Å². The largest absolute Gasteiger partial charge is 0.279 e. The van der Waals surface area contributed by atoms with E-state index in [2.05, 4.69) is 36.6 Å². The van der Waals surface area contributed by atoms with Crippen LogP contribution in [0.1, 0.15) is 35.0 Å². The summed E-state index contributed by atoms with van der Waals surface area (Å²) in [5.74, 6) is 0.0967. The molecule has 1 aliphatic heterocycles. The Morgan fingerprint density at radius 1 is 0.821 bits per heavy atom. The van der Waals surface area contributed by atoms with E-state index in [9.17, 15) is 4.21 Å². The molecule has 0 amide bonds. The molecule has 3 aromatic carbocycles. The van der Waals surface area contributed by atoms with E-state index in [1.54, 1.807) is 0 Å². The molecule has 0 aliphatic carbocycles. The maximum Gasteiger partial charge on any atom is 0.0681 e. The van der Waals surface area contributed by atoms with Gasteiger partial charge in [0.25, 0.3) is 0 Å². The Morgan fingerprint density at radius 2 is 1.36 bits per heavy atom. The van der Waals surface area contributed by atoms with Crippen LogP contribution in [0.15, 0.2) is 96.1 Å². The first kappa shape index (κ1) is 18.6. The van der Waals surface area contributed by atoms with Gasteiger partial charge in [-0.25, -0.2) is 0 Å². The smallest absolute Gasteiger partial charge is 0.0681 e. The lowest BCUT2D eigenvalue weighted by Gasteiger charge is -2.35. The minimum atomic E-state index is -1.03. The maximum atomic E-state index is 13.6. The van der Waals surface area contributed by atoms with Crippen molar-refractivity contribution in [2.75, 3.05) is 5.43 Å². The number of benzene rings is 3. The van der Waals surface area contributed by atoms with Crippen LogP contribution in [-0.4, -0.2) is 9.92 Å². The highest BCUT2D eigenvalue weighted by atomic mass is 32.2. The second-order valence-electron chi connectivity index (χ2n) is 7.13. The van der Waals surface area contributed by atoms with Crippen molar-refractivity contribution in [3.05, 3.63) is 102 Å². The molecule has 28 heavy (non-hydrogen) atoms. The fraction of sp³-hybridized carbons (Fsp3) is 0.208. The summed E-state index contributed by atoms with van der Waals surface area (Å²) in [7, 11) is -1.03. The minimum absolute atomic E-state index is 0.0565. The van der Waals surface area contributed by atoms with Gasteiger partial charge in [0.2, 0.25) is 0 Å². The van der Waals surface area contributed by atoms with Gasteiger partial charge in [-0.1, -0.05) is 85.8 Å². The second-order valence-corrected chi connectivity index (χ2v) is 8.87. The number of anilines is 1. The number of nitrogens with zero attached hydrogens (tertiary/aromatic N) is 1. The Labute approximate surface area is 169 Å². The summed E-state index contributed by atoms with van der Waals surface area (Å²) in [6, 6.07) is 30.3. The molecule has 1 saturated heterocycles. The Hall–Kier alpha value is -2.72. The Bertz CT molecular complexity index is 958. The lowest BCUT2D eigenvalue weighted by Crippen LogP contribution is -2.34. The zero-order valence-corrected chi connectivity index (χ0v) is 16.7. The van der Waals surface area contributed by atoms with E-state index in [4.69, 9.17) is 5.10 Å². The van der Waals surface area contributed by atoms with Crippen LogP contribution < -0.4 is 5.43 Å². The van der Waals surface area contributed by atoms with E-state index in [0.29, 0.717) is 6.42 Å². The summed E-state index contributed by atoms with van der Waals surface area (Å²) < 4.78 is 13.6. The molecule has 0 radical (unpaired) electrons. The van der Waals surface area contributed by atoms with Crippen molar-refractivity contribution >= 4 is 22.2 Å². The number of hydrogen-bond acceptors (Lipinski definition) is 3. The van der Waals surface area contributed by atoms with Crippen molar-refractivity contribution in [3.8, 4) is 0 Å². The first-order valence-electron chi connectivity index (χ1n) is 9.61. The molecule has 142 valence electrons. The third-order valence-electron chi connectivity index (χ3n) is 5.31. The molecule has 1 aliphatic rings. The van der Waals surface area contributed by atoms with E-state index in [1.807, 2.05) is 66.7 Å². The van der Waals surface area contributed by atoms with E-state index < -0.39 is 10.8 Å². The summed E-state index contributed by atoms with van der Waals surface area (Å²) in [5.41, 5.74) is 7.44. The highest BCUT2D eigenvalue weighted by Gasteiger charge is 2.40. The van der Waals surface area contributed by atoms with E-state index >= 15 is 0 Å². The molecule has 1 fully saturated rings. The van der Waals surface area contributed by atoms with Crippen molar-refractivity contribution in [1.82, 2.24) is 0 Å². The van der Waals surface area contributed by atoms with Crippen LogP contribution in [0.25, 0.3) is 0 Å². The minimum Gasteiger partial charge on any atom is -0.279 e. The van der Waals surface area contributed by atoms with Crippen molar-refractivity contribution in [2.24, 2.45) is 11.0 Å². The summed E-state index contributed by atoms with van der Waals surface area (Å²) in [6.07, 6.45) is 0.695. The van der Waals surface area contributed by atoms with Gasteiger partial charge >= 0.3 is 0 Å². The fourth-order valence-electron chi connectivity index (χ4n) is 3.79. The molecule has 0 bridgehead atoms. The third kappa shape index (κ3) is 3.92. The molecule has 3 nitrogen and oxygen atoms in total. The molecule has 4 heteroatoms. The number of para-hydroxylation sites is 1. The summed E-state index contributed by atoms with van der Waals surface area (Å²) in [6.45, 7) is 2.14. The van der Waals surface area contributed by atoms with Crippen LogP contribution in [0.4, 0.5) is 5.69 Å². The monoisotopic (exact) mass is 388 g/mol. The van der Waals surface area contributed by atoms with Crippen molar-refractivity contribution < 1.29 is 4.21 Å². The van der Waals surface area contributed by atoms with Gasteiger partial charge in [0.15, 0.2) is 0 Å². The molecule has 0 spiro atoms. The number of hydrogen-bond donors (Lipinski definition) is 1. The molecule has 4 unspecified atom stereocenters. The van der Waals surface area contributed by atoms with Gasteiger partial charge in [-0.05, 0) is 23.3 Å². The SMILES string of the molecule is CC1/C(=N/Nc2ccccc2)CC(c2ccccc2)S(=O)C1c1ccccc1. The second kappa shape index (κ2) is 8.53. The van der Waals surface area contributed by atoms with Crippen LogP contribution in [0.3, 0.4) is 0 Å². The average molecular weight is 389 g/mol.